The van der Waals surface area contributed by atoms with Crippen molar-refractivity contribution in [3.63, 3.8) is 0 Å². The fourth-order valence-electron chi connectivity index (χ4n) is 4.22. The number of benzene rings is 3. The van der Waals surface area contributed by atoms with Gasteiger partial charge in [-0.05, 0) is 69.2 Å². The van der Waals surface area contributed by atoms with Crippen LogP contribution < -0.4 is 19.1 Å². The van der Waals surface area contributed by atoms with Crippen LogP contribution in [0.25, 0.3) is 0 Å². The Morgan fingerprint density at radius 3 is 2.21 bits per heavy atom. The van der Waals surface area contributed by atoms with Gasteiger partial charge in [0.25, 0.3) is 10.0 Å². The van der Waals surface area contributed by atoms with E-state index in [1.807, 2.05) is 20.8 Å². The molecule has 9 nitrogen and oxygen atoms in total. The van der Waals surface area contributed by atoms with Crippen molar-refractivity contribution >= 4 is 50.7 Å². The highest BCUT2D eigenvalue weighted by Crippen LogP contribution is 2.36. The topological polar surface area (TPSA) is 105 Å². The molecule has 0 radical (unpaired) electrons. The second kappa shape index (κ2) is 14.8. The van der Waals surface area contributed by atoms with Crippen molar-refractivity contribution in [2.24, 2.45) is 0 Å². The zero-order valence-electron chi connectivity index (χ0n) is 25.1. The number of hydrogen-bond donors (Lipinski definition) is 1. The molecule has 0 aromatic heterocycles. The minimum Gasteiger partial charge on any atom is -0.497 e. The van der Waals surface area contributed by atoms with Gasteiger partial charge in [0.2, 0.25) is 11.8 Å². The third-order valence-corrected chi connectivity index (χ3v) is 9.43. The van der Waals surface area contributed by atoms with E-state index in [9.17, 15) is 18.0 Å². The Morgan fingerprint density at radius 2 is 1.63 bits per heavy atom. The summed E-state index contributed by atoms with van der Waals surface area (Å²) >= 11 is 12.5. The van der Waals surface area contributed by atoms with Gasteiger partial charge in [-0.3, -0.25) is 13.9 Å². The molecular weight excluding hydrogens is 613 g/mol. The molecule has 0 aliphatic carbocycles. The normalized spacial score (nSPS) is 12.7. The highest BCUT2D eigenvalue weighted by Gasteiger charge is 2.34. The average molecular weight is 651 g/mol. The number of aryl methyl sites for hydroxylation is 1. The predicted octanol–water partition coefficient (Wildman–Crippen LogP) is 5.85. The van der Waals surface area contributed by atoms with E-state index < -0.39 is 28.5 Å². The van der Waals surface area contributed by atoms with E-state index in [2.05, 4.69) is 5.32 Å². The molecule has 232 valence electrons. The van der Waals surface area contributed by atoms with E-state index in [0.29, 0.717) is 27.8 Å². The number of anilines is 1. The minimum absolute atomic E-state index is 0.0226. The molecule has 3 rings (SSSR count). The maximum Gasteiger partial charge on any atom is 0.264 e. The van der Waals surface area contributed by atoms with Crippen LogP contribution >= 0.6 is 23.2 Å². The molecule has 0 unspecified atom stereocenters. The van der Waals surface area contributed by atoms with Crippen LogP contribution in [-0.4, -0.2) is 58.0 Å². The van der Waals surface area contributed by atoms with Gasteiger partial charge >= 0.3 is 0 Å². The van der Waals surface area contributed by atoms with Crippen molar-refractivity contribution in [1.29, 1.82) is 0 Å². The first-order valence-corrected chi connectivity index (χ1v) is 15.9. The summed E-state index contributed by atoms with van der Waals surface area (Å²) in [7, 11) is -1.45. The Kier molecular flexibility index (Phi) is 11.7. The van der Waals surface area contributed by atoms with Crippen LogP contribution in [0.3, 0.4) is 0 Å². The summed E-state index contributed by atoms with van der Waals surface area (Å²) < 4.78 is 40.1. The van der Waals surface area contributed by atoms with Gasteiger partial charge in [-0.25, -0.2) is 8.42 Å². The summed E-state index contributed by atoms with van der Waals surface area (Å²) in [6.07, 6.45) is 0.688. The molecule has 1 N–H and O–H groups in total. The van der Waals surface area contributed by atoms with E-state index >= 15 is 0 Å². The van der Waals surface area contributed by atoms with Gasteiger partial charge in [-0.15, -0.1) is 0 Å². The highest BCUT2D eigenvalue weighted by molar-refractivity contribution is 7.92. The number of halogens is 2. The Morgan fingerprint density at radius 1 is 0.953 bits per heavy atom. The van der Waals surface area contributed by atoms with E-state index in [-0.39, 0.29) is 34.8 Å². The van der Waals surface area contributed by atoms with Crippen molar-refractivity contribution in [1.82, 2.24) is 10.2 Å². The summed E-state index contributed by atoms with van der Waals surface area (Å²) in [5, 5.41) is 3.61. The summed E-state index contributed by atoms with van der Waals surface area (Å²) in [5.41, 5.74) is 1.50. The number of amides is 2. The van der Waals surface area contributed by atoms with Crippen LogP contribution in [0, 0.1) is 6.92 Å². The molecule has 0 fully saturated rings. The van der Waals surface area contributed by atoms with E-state index in [0.717, 1.165) is 9.87 Å². The molecule has 0 saturated heterocycles. The SMILES string of the molecule is CC[C@@H](C)NC(=O)[C@@H](C)N(Cc1ccc(Cl)cc1Cl)C(=O)CN(c1cc(OC)ccc1OC)S(=O)(=O)c1ccc(C)cc1. The molecule has 43 heavy (non-hydrogen) atoms. The summed E-state index contributed by atoms with van der Waals surface area (Å²) in [5.74, 6) is -0.462. The van der Waals surface area contributed by atoms with E-state index in [4.69, 9.17) is 32.7 Å². The minimum atomic E-state index is -4.31. The van der Waals surface area contributed by atoms with E-state index in [1.165, 1.54) is 37.3 Å². The van der Waals surface area contributed by atoms with Crippen LogP contribution in [0.1, 0.15) is 38.3 Å². The predicted molar refractivity (Wildman–Crippen MR) is 170 cm³/mol. The van der Waals surface area contributed by atoms with Gasteiger partial charge in [0.15, 0.2) is 0 Å². The second-order valence-corrected chi connectivity index (χ2v) is 12.8. The van der Waals surface area contributed by atoms with Gasteiger partial charge < -0.3 is 19.7 Å². The monoisotopic (exact) mass is 649 g/mol. The Balaban J connectivity index is 2.14. The van der Waals surface area contributed by atoms with Crippen LogP contribution in [0.2, 0.25) is 10.0 Å². The van der Waals surface area contributed by atoms with Gasteiger partial charge in [0.05, 0.1) is 24.8 Å². The lowest BCUT2D eigenvalue weighted by molar-refractivity contribution is -0.139. The second-order valence-electron chi connectivity index (χ2n) is 10.1. The fourth-order valence-corrected chi connectivity index (χ4v) is 6.11. The first kappa shape index (κ1) is 34.0. The average Bonchev–Trinajstić information content (AvgIpc) is 2.98. The molecule has 12 heteroatoms. The molecule has 2 amide bonds. The molecule has 3 aromatic carbocycles. The zero-order valence-corrected chi connectivity index (χ0v) is 27.4. The van der Waals surface area contributed by atoms with Crippen molar-refractivity contribution in [2.45, 2.75) is 57.6 Å². The van der Waals surface area contributed by atoms with Gasteiger partial charge in [0.1, 0.15) is 24.1 Å². The quantitative estimate of drug-likeness (QED) is 0.249. The Hall–Kier alpha value is -3.47. The smallest absolute Gasteiger partial charge is 0.264 e. The number of nitrogens with one attached hydrogen (secondary N) is 1. The van der Waals surface area contributed by atoms with Gasteiger partial charge in [0, 0.05) is 28.7 Å². The summed E-state index contributed by atoms with van der Waals surface area (Å²) in [4.78, 5) is 28.7. The fraction of sp³-hybridized carbons (Fsp3) is 0.355. The van der Waals surface area contributed by atoms with E-state index in [1.54, 1.807) is 49.4 Å². The van der Waals surface area contributed by atoms with Crippen LogP contribution in [0.5, 0.6) is 11.5 Å². The van der Waals surface area contributed by atoms with Crippen molar-refractivity contribution < 1.29 is 27.5 Å². The number of carbonyl (C=O) groups excluding carboxylic acids is 2. The van der Waals surface area contributed by atoms with Crippen molar-refractivity contribution in [3.8, 4) is 11.5 Å². The van der Waals surface area contributed by atoms with Crippen LogP contribution in [0.4, 0.5) is 5.69 Å². The summed E-state index contributed by atoms with van der Waals surface area (Å²) in [6.45, 7) is 6.50. The number of hydrogen-bond acceptors (Lipinski definition) is 6. The van der Waals surface area contributed by atoms with Crippen molar-refractivity contribution in [3.05, 3.63) is 81.8 Å². The molecule has 0 aliphatic rings. The maximum absolute atomic E-state index is 14.2. The Bertz CT molecular complexity index is 1550. The third-order valence-electron chi connectivity index (χ3n) is 7.07. The van der Waals surface area contributed by atoms with Gasteiger partial charge in [-0.1, -0.05) is 53.9 Å². The first-order chi connectivity index (χ1) is 20.3. The molecule has 0 saturated carbocycles. The molecule has 0 spiro atoms. The lowest BCUT2D eigenvalue weighted by Crippen LogP contribution is -2.52. The standard InChI is InChI=1S/C31H37Cl2N3O6S/c1-7-21(3)34-31(38)22(4)35(18-23-10-11-24(32)16-27(23)33)30(37)19-36(28-17-25(41-5)12-15-29(28)42-6)43(39,40)26-13-8-20(2)9-14-26/h8-17,21-22H,7,18-19H2,1-6H3,(H,34,38)/t21-,22-/m1/s1. The highest BCUT2D eigenvalue weighted by atomic mass is 35.5. The molecule has 0 aliphatic heterocycles. The number of nitrogens with zero attached hydrogens (tertiary/aromatic N) is 2. The van der Waals surface area contributed by atoms with Crippen molar-refractivity contribution in [2.75, 3.05) is 25.1 Å². The van der Waals surface area contributed by atoms with Crippen LogP contribution in [0.15, 0.2) is 65.6 Å². The van der Waals surface area contributed by atoms with Crippen LogP contribution in [-0.2, 0) is 26.2 Å². The number of rotatable bonds is 13. The Labute approximate surface area is 263 Å². The number of carbonyl (C=O) groups is 2. The maximum atomic E-state index is 14.2. The molecule has 0 bridgehead atoms. The molecular formula is C31H37Cl2N3O6S. The molecule has 2 atom stereocenters. The zero-order chi connectivity index (χ0) is 31.9. The lowest BCUT2D eigenvalue weighted by atomic mass is 10.1. The summed E-state index contributed by atoms with van der Waals surface area (Å²) in [6, 6.07) is 14.7. The third kappa shape index (κ3) is 8.34. The number of ether oxygens (including phenoxy) is 2. The largest absolute Gasteiger partial charge is 0.497 e. The molecule has 0 heterocycles. The molecule has 3 aromatic rings. The first-order valence-electron chi connectivity index (χ1n) is 13.7. The number of methoxy groups -OCH3 is 2. The van der Waals surface area contributed by atoms with Gasteiger partial charge in [-0.2, -0.15) is 0 Å². The number of sulfonamides is 1. The lowest BCUT2D eigenvalue weighted by Gasteiger charge is -2.33.